The Hall–Kier alpha value is -3.89. The number of amides is 1. The van der Waals surface area contributed by atoms with Gasteiger partial charge >= 0.3 is 6.09 Å². The third-order valence-corrected chi connectivity index (χ3v) is 7.78. The van der Waals surface area contributed by atoms with Gasteiger partial charge in [-0.3, -0.25) is 9.48 Å². The van der Waals surface area contributed by atoms with Crippen LogP contribution in [0.1, 0.15) is 67.6 Å². The van der Waals surface area contributed by atoms with Crippen molar-refractivity contribution in [1.82, 2.24) is 24.5 Å². The Morgan fingerprint density at radius 2 is 2.02 bits per heavy atom. The van der Waals surface area contributed by atoms with E-state index in [-0.39, 0.29) is 24.5 Å². The summed E-state index contributed by atoms with van der Waals surface area (Å²) in [6.07, 6.45) is 9.62. The Balaban J connectivity index is 1.18. The first-order chi connectivity index (χ1) is 19.3. The highest BCUT2D eigenvalue weighted by atomic mass is 16.6. The summed E-state index contributed by atoms with van der Waals surface area (Å²) in [5, 5.41) is 13.4. The number of aryl methyl sites for hydroxylation is 1. The summed E-state index contributed by atoms with van der Waals surface area (Å²) >= 11 is 0. The molecule has 3 aromatic rings. The molecule has 210 valence electrons. The van der Waals surface area contributed by atoms with Crippen molar-refractivity contribution in [2.45, 2.75) is 89.1 Å². The van der Waals surface area contributed by atoms with Gasteiger partial charge in [-0.05, 0) is 82.0 Å². The van der Waals surface area contributed by atoms with Gasteiger partial charge in [-0.15, -0.1) is 0 Å². The summed E-state index contributed by atoms with van der Waals surface area (Å²) in [6.45, 7) is 4.67. The van der Waals surface area contributed by atoms with Crippen LogP contribution in [0, 0.1) is 0 Å². The van der Waals surface area contributed by atoms with E-state index in [0.29, 0.717) is 37.7 Å². The Morgan fingerprint density at radius 3 is 2.77 bits per heavy atom. The van der Waals surface area contributed by atoms with E-state index in [1.807, 2.05) is 22.9 Å². The minimum Gasteiger partial charge on any atom is -0.442 e. The summed E-state index contributed by atoms with van der Waals surface area (Å²) in [4.78, 5) is 31.6. The van der Waals surface area contributed by atoms with E-state index in [0.717, 1.165) is 54.3 Å². The maximum absolute atomic E-state index is 14.1. The number of nitrogens with zero attached hydrogens (tertiary/aromatic N) is 8. The molecule has 6 rings (SSSR count). The van der Waals surface area contributed by atoms with Crippen LogP contribution in [0.2, 0.25) is 0 Å². The number of carbonyl (C=O) groups excluding carboxylic acids is 2. The average molecular weight is 547 g/mol. The quantitative estimate of drug-likeness (QED) is 0.206. The Labute approximate surface area is 231 Å². The molecule has 2 heterocycles. The molecule has 2 fully saturated rings. The molecule has 40 heavy (non-hydrogen) atoms. The molecule has 0 radical (unpaired) electrons. The van der Waals surface area contributed by atoms with Gasteiger partial charge in [0.25, 0.3) is 5.91 Å². The fraction of sp³-hybridized carbons (Fsp3) is 0.571. The average Bonchev–Trinajstić information content (AvgIpc) is 3.86. The number of hydrogen-bond donors (Lipinski definition) is 0. The summed E-state index contributed by atoms with van der Waals surface area (Å²) in [6, 6.07) is 6.07. The fourth-order valence-corrected chi connectivity index (χ4v) is 5.46. The lowest BCUT2D eigenvalue weighted by Gasteiger charge is -2.34. The lowest BCUT2D eigenvalue weighted by molar-refractivity contribution is 0.0441. The number of carbonyl (C=O) groups is 2. The van der Waals surface area contributed by atoms with Gasteiger partial charge in [-0.2, -0.15) is 14.9 Å². The van der Waals surface area contributed by atoms with Crippen molar-refractivity contribution in [3.05, 3.63) is 57.9 Å². The number of rotatable bonds is 10. The summed E-state index contributed by atoms with van der Waals surface area (Å²) in [7, 11) is 0. The molecule has 12 nitrogen and oxygen atoms in total. The van der Waals surface area contributed by atoms with E-state index in [1.165, 1.54) is 4.68 Å². The minimum atomic E-state index is -0.952. The second-order valence-electron chi connectivity index (χ2n) is 11.6. The normalized spacial score (nSPS) is 18.7. The van der Waals surface area contributed by atoms with E-state index < -0.39 is 11.7 Å². The highest BCUT2D eigenvalue weighted by Gasteiger charge is 2.40. The molecule has 1 unspecified atom stereocenters. The van der Waals surface area contributed by atoms with Crippen LogP contribution in [0.3, 0.4) is 0 Å². The summed E-state index contributed by atoms with van der Waals surface area (Å²) in [5.41, 5.74) is 11.0. The first-order valence-electron chi connectivity index (χ1n) is 14.0. The Morgan fingerprint density at radius 1 is 1.20 bits per heavy atom. The molecule has 3 aliphatic rings. The van der Waals surface area contributed by atoms with E-state index in [4.69, 9.17) is 15.0 Å². The maximum Gasteiger partial charge on any atom is 0.435 e. The summed E-state index contributed by atoms with van der Waals surface area (Å²) in [5.74, 6) is 0.0296. The van der Waals surface area contributed by atoms with Crippen molar-refractivity contribution >= 4 is 22.9 Å². The molecule has 2 aromatic heterocycles. The smallest absolute Gasteiger partial charge is 0.435 e. The number of hydrogen-bond acceptors (Lipinski definition) is 7. The van der Waals surface area contributed by atoms with Crippen molar-refractivity contribution in [2.75, 3.05) is 13.2 Å². The molecule has 0 aliphatic heterocycles. The molecular weight excluding hydrogens is 512 g/mol. The van der Waals surface area contributed by atoms with E-state index >= 15 is 0 Å². The minimum absolute atomic E-state index is 0.0137. The molecule has 0 N–H and O–H groups in total. The zero-order valence-electron chi connectivity index (χ0n) is 22.9. The van der Waals surface area contributed by atoms with Gasteiger partial charge in [0.05, 0.1) is 48.8 Å². The predicted molar refractivity (Wildman–Crippen MR) is 146 cm³/mol. The monoisotopic (exact) mass is 546 g/mol. The first kappa shape index (κ1) is 26.3. The zero-order valence-corrected chi connectivity index (χ0v) is 22.9. The molecule has 1 atom stereocenters. The van der Waals surface area contributed by atoms with E-state index in [9.17, 15) is 9.59 Å². The van der Waals surface area contributed by atoms with Crippen LogP contribution in [0.15, 0.2) is 35.7 Å². The fourth-order valence-electron chi connectivity index (χ4n) is 5.46. The number of benzene rings is 1. The van der Waals surface area contributed by atoms with Crippen LogP contribution in [-0.2, 0) is 28.9 Å². The molecule has 1 amide bonds. The molecule has 1 aromatic carbocycles. The third-order valence-electron chi connectivity index (χ3n) is 7.78. The van der Waals surface area contributed by atoms with Crippen LogP contribution < -0.4 is 0 Å². The Kier molecular flexibility index (Phi) is 6.97. The van der Waals surface area contributed by atoms with Gasteiger partial charge in [0.15, 0.2) is 0 Å². The molecule has 12 heteroatoms. The van der Waals surface area contributed by atoms with Gasteiger partial charge in [-0.1, -0.05) is 11.2 Å². The lowest BCUT2D eigenvalue weighted by Crippen LogP contribution is -2.44. The van der Waals surface area contributed by atoms with Crippen LogP contribution in [0.25, 0.3) is 21.3 Å². The van der Waals surface area contributed by atoms with Crippen molar-refractivity contribution in [2.24, 2.45) is 5.11 Å². The first-order valence-corrected chi connectivity index (χ1v) is 14.0. The van der Waals surface area contributed by atoms with Crippen molar-refractivity contribution in [3.63, 3.8) is 0 Å². The Bertz CT molecular complexity index is 1480. The zero-order chi connectivity index (χ0) is 27.9. The van der Waals surface area contributed by atoms with Crippen LogP contribution in [0.5, 0.6) is 0 Å². The predicted octanol–water partition coefficient (Wildman–Crippen LogP) is 4.65. The van der Waals surface area contributed by atoms with Gasteiger partial charge < -0.3 is 14.4 Å². The highest BCUT2D eigenvalue weighted by molar-refractivity contribution is 6.06. The lowest BCUT2D eigenvalue weighted by atomic mass is 9.91. The molecule has 0 spiro atoms. The third kappa shape index (κ3) is 5.55. The van der Waals surface area contributed by atoms with Crippen LogP contribution in [0.4, 0.5) is 4.79 Å². The van der Waals surface area contributed by atoms with Crippen molar-refractivity contribution in [3.8, 4) is 0 Å². The SMILES string of the molecule is CC(C)(CN=[N+]=[N-])OC(=O)n1cc2c(n1)CCC(N(C(=O)c1cccc3c1cnn3CCOC1CC1)C1CC1)C2. The number of azide groups is 1. The standard InChI is InChI=1S/C28H34N8O4/c1-28(2,17-30-33-29)40-27(38)35-16-18-14-20(8-11-24(18)32-35)36(19-6-7-19)26(37)22-4-3-5-25-23(22)15-31-34(25)12-13-39-21-9-10-21/h3-5,15-16,19-21H,6-14,17H2,1-2H3. The van der Waals surface area contributed by atoms with Gasteiger partial charge in [0.2, 0.25) is 0 Å². The summed E-state index contributed by atoms with van der Waals surface area (Å²) < 4.78 is 14.5. The molecule has 2 saturated carbocycles. The second kappa shape index (κ2) is 10.6. The maximum atomic E-state index is 14.1. The van der Waals surface area contributed by atoms with Crippen molar-refractivity contribution in [1.29, 1.82) is 0 Å². The van der Waals surface area contributed by atoms with Crippen LogP contribution >= 0.6 is 0 Å². The second-order valence-corrected chi connectivity index (χ2v) is 11.6. The number of fused-ring (bicyclic) bond motifs is 2. The number of ether oxygens (including phenoxy) is 2. The van der Waals surface area contributed by atoms with Gasteiger partial charge in [0.1, 0.15) is 5.60 Å². The van der Waals surface area contributed by atoms with E-state index in [1.54, 1.807) is 26.2 Å². The van der Waals surface area contributed by atoms with Gasteiger partial charge in [0, 0.05) is 28.6 Å². The molecule has 0 saturated heterocycles. The van der Waals surface area contributed by atoms with Gasteiger partial charge in [-0.25, -0.2) is 4.79 Å². The molecular formula is C28H34N8O4. The molecule has 3 aliphatic carbocycles. The van der Waals surface area contributed by atoms with Crippen molar-refractivity contribution < 1.29 is 19.1 Å². The molecule has 0 bridgehead atoms. The largest absolute Gasteiger partial charge is 0.442 e. The van der Waals surface area contributed by atoms with E-state index in [2.05, 4.69) is 25.1 Å². The highest BCUT2D eigenvalue weighted by Crippen LogP contribution is 2.36. The number of aromatic nitrogens is 4. The topological polar surface area (TPSA) is 140 Å². The van der Waals surface area contributed by atoms with Crippen LogP contribution in [-0.4, -0.2) is 73.4 Å².